The molecule has 674 valence electrons. The molecule has 0 saturated heterocycles. The van der Waals surface area contributed by atoms with Gasteiger partial charge in [-0.05, 0) is 285 Å². The molecule has 0 unspecified atom stereocenters. The Hall–Kier alpha value is -16.0. The lowest BCUT2D eigenvalue weighted by Crippen LogP contribution is -2.09. The van der Waals surface area contributed by atoms with Crippen LogP contribution in [0.4, 0.5) is 0 Å². The minimum atomic E-state index is -0.470. The summed E-state index contributed by atoms with van der Waals surface area (Å²) in [6.07, 6.45) is 0. The molecule has 133 heavy (non-hydrogen) atoms. The van der Waals surface area contributed by atoms with Crippen LogP contribution in [-0.4, -0.2) is 57.5 Å². The molecule has 1 aliphatic rings. The smallest absolute Gasteiger partial charge is 0.174 e. The van der Waals surface area contributed by atoms with Crippen molar-refractivity contribution in [1.29, 1.82) is 0 Å². The molecule has 0 bridgehead atoms. The van der Waals surface area contributed by atoms with Crippen LogP contribution in [0.2, 0.25) is 0 Å². The molecule has 21 rings (SSSR count). The zero-order valence-corrected chi connectivity index (χ0v) is 77.4. The standard InChI is InChI=1S/C12H12.7C11H10O.C10H8O2.C8H10.2C7H8O.CH4/c1-9-3-5-12-8-10(2)4-6-11(12)7-9;1-8-4-2-5-9-6-3-7-10(12)11(8)9;1-8-2-3-9-4-5-11(12)7-10(9)6-8;1-8-5-6-9-3-2-4-11(12)10(9)7-8;1-8-3-2-4-9-5-6-10(12)7-11(8)9;1-8-6-10(12)7-9-4-2-3-5-11(8)9;1-8-10-5-3-2-4-9(10)6-7-11(8)12;1-8-6-7-9-4-2-3-5-10(9)11(8)12;1-6-9(11)7-4-2-3-5-8(7)10(6)12;1-7-3-5-8(2)6-4-7;1-6-3-2-4-7(8)5-6;1-6-4-2-3-5-7(6)8;/h3-8H,1-2H3;7*2-7,12H,1H3;2-6H,1H3;3-6H,1-2H3;2*2-5,8H,1H3;1H4. The third-order valence-corrected chi connectivity index (χ3v) is 22.2. The van der Waals surface area contributed by atoms with Gasteiger partial charge in [0.2, 0.25) is 0 Å². The van der Waals surface area contributed by atoms with Gasteiger partial charge in [-0.15, -0.1) is 0 Å². The summed E-state index contributed by atoms with van der Waals surface area (Å²) < 4.78 is 0. The highest BCUT2D eigenvalue weighted by Gasteiger charge is 2.34. The molecule has 0 amide bonds. The number of hydrogen-bond donors (Lipinski definition) is 9. The quantitative estimate of drug-likeness (QED) is 0.0651. The number of aryl methyl sites for hydroxylation is 13. The van der Waals surface area contributed by atoms with Crippen molar-refractivity contribution in [2.45, 2.75) is 104 Å². The van der Waals surface area contributed by atoms with Gasteiger partial charge in [0, 0.05) is 27.3 Å². The van der Waals surface area contributed by atoms with Gasteiger partial charge in [-0.25, -0.2) is 0 Å². The van der Waals surface area contributed by atoms with E-state index < -0.39 is 5.92 Å². The van der Waals surface area contributed by atoms with Gasteiger partial charge >= 0.3 is 0 Å². The minimum Gasteiger partial charge on any atom is -0.508 e. The highest BCUT2D eigenvalue weighted by molar-refractivity contribution is 6.26. The van der Waals surface area contributed by atoms with Crippen molar-refractivity contribution >= 4 is 97.7 Å². The number of aromatic hydroxyl groups is 9. The molecule has 0 saturated carbocycles. The summed E-state index contributed by atoms with van der Waals surface area (Å²) in [5, 5.41) is 102. The van der Waals surface area contributed by atoms with Crippen LogP contribution in [0.5, 0.6) is 51.7 Å². The molecule has 11 nitrogen and oxygen atoms in total. The molecule has 9 N–H and O–H groups in total. The maximum Gasteiger partial charge on any atom is 0.174 e. The number of para-hydroxylation sites is 1. The average molecular weight is 1760 g/mol. The first-order valence-corrected chi connectivity index (χ1v) is 43.7. The molecule has 20 aromatic rings. The fourth-order valence-electron chi connectivity index (χ4n) is 14.7. The number of rotatable bonds is 0. The molecule has 0 radical (unpaired) electrons. The Morgan fingerprint density at radius 3 is 1.13 bits per heavy atom. The molecule has 1 aliphatic carbocycles. The van der Waals surface area contributed by atoms with E-state index in [9.17, 15) is 45.3 Å². The number of carbonyl (C=O) groups is 2. The molecule has 0 aliphatic heterocycles. The fraction of sp³-hybridized carbons (Fsp3) is 0.131. The van der Waals surface area contributed by atoms with Crippen LogP contribution in [0.1, 0.15) is 107 Å². The van der Waals surface area contributed by atoms with Gasteiger partial charge in [0.25, 0.3) is 0 Å². The van der Waals surface area contributed by atoms with Crippen molar-refractivity contribution in [3.05, 3.63) is 472 Å². The van der Waals surface area contributed by atoms with E-state index in [1.807, 2.05) is 269 Å². The second kappa shape index (κ2) is 49.0. The monoisotopic (exact) mass is 1760 g/mol. The number of carbonyl (C=O) groups excluding carboxylic acids is 2. The summed E-state index contributed by atoms with van der Waals surface area (Å²) in [6, 6.07) is 124. The van der Waals surface area contributed by atoms with Crippen LogP contribution in [0.15, 0.2) is 388 Å². The van der Waals surface area contributed by atoms with Crippen molar-refractivity contribution in [1.82, 2.24) is 0 Å². The normalized spacial score (nSPS) is 10.7. The number of fused-ring (bicyclic) bond motifs is 9. The predicted octanol–water partition coefficient (Wildman–Crippen LogP) is 31.5. The highest BCUT2D eigenvalue weighted by atomic mass is 16.3. The molecule has 0 heterocycles. The second-order valence-electron chi connectivity index (χ2n) is 33.0. The molecular weight excluding hydrogens is 1640 g/mol. The maximum atomic E-state index is 11.4. The van der Waals surface area contributed by atoms with Gasteiger partial charge < -0.3 is 46.0 Å². The zero-order chi connectivity index (χ0) is 95.1. The third-order valence-electron chi connectivity index (χ3n) is 22.2. The maximum absolute atomic E-state index is 11.4. The average Bonchev–Trinajstić information content (AvgIpc) is 1.64. The molecule has 0 spiro atoms. The first-order valence-electron chi connectivity index (χ1n) is 43.7. The van der Waals surface area contributed by atoms with Crippen LogP contribution < -0.4 is 0 Å². The first kappa shape index (κ1) is 101. The Labute approximate surface area is 782 Å². The van der Waals surface area contributed by atoms with Crippen molar-refractivity contribution in [3.63, 3.8) is 0 Å². The Morgan fingerprint density at radius 1 is 0.195 bits per heavy atom. The summed E-state index contributed by atoms with van der Waals surface area (Å²) in [6.45, 7) is 27.9. The van der Waals surface area contributed by atoms with E-state index in [0.717, 1.165) is 87.2 Å². The lowest BCUT2D eigenvalue weighted by molar-refractivity contribution is 0.0851. The molecule has 0 aromatic heterocycles. The zero-order valence-electron chi connectivity index (χ0n) is 77.4. The second-order valence-corrected chi connectivity index (χ2v) is 33.0. The molecule has 0 atom stereocenters. The predicted molar refractivity (Wildman–Crippen MR) is 558 cm³/mol. The Morgan fingerprint density at radius 2 is 0.571 bits per heavy atom. The SMILES string of the molecule is C.CC1C(=O)c2ccccc2C1=O.Cc1c(O)ccc2ccccc12.Cc1cc(O)cc2ccccc12.Cc1ccc(C)cc1.Cc1ccc2cc(C)ccc2c1.Cc1ccc2ccc(O)cc2c1.Cc1ccc2cccc(O)c2c1.Cc1ccc2ccccc2c1O.Cc1cccc(O)c1.Cc1cccc2ccc(O)cc12.Cc1cccc2cccc(O)c12.Cc1ccccc1O. The lowest BCUT2D eigenvalue weighted by atomic mass is 10.1. The Kier molecular flexibility index (Phi) is 37.1. The van der Waals surface area contributed by atoms with Gasteiger partial charge in [0.05, 0.1) is 5.92 Å². The Bertz CT molecular complexity index is 6890. The molecule has 11 heteroatoms. The summed E-state index contributed by atoms with van der Waals surface area (Å²) in [7, 11) is 0. The van der Waals surface area contributed by atoms with Crippen LogP contribution in [-0.2, 0) is 0 Å². The van der Waals surface area contributed by atoms with Crippen molar-refractivity contribution in [2.75, 3.05) is 0 Å². The fourth-order valence-corrected chi connectivity index (χ4v) is 14.7. The van der Waals surface area contributed by atoms with Crippen LogP contribution >= 0.6 is 0 Å². The van der Waals surface area contributed by atoms with E-state index in [1.54, 1.807) is 104 Å². The topological polar surface area (TPSA) is 216 Å². The number of Topliss-reactive ketones (excluding diaryl/α,β-unsaturated/α-hetero) is 2. The van der Waals surface area contributed by atoms with Crippen LogP contribution in [0, 0.1) is 95.9 Å². The van der Waals surface area contributed by atoms with Crippen molar-refractivity contribution in [2.24, 2.45) is 5.92 Å². The highest BCUT2D eigenvalue weighted by Crippen LogP contribution is 2.33. The van der Waals surface area contributed by atoms with E-state index in [-0.39, 0.29) is 19.0 Å². The number of ketones is 2. The Balaban J connectivity index is 0.000000163. The number of benzene rings is 20. The summed E-state index contributed by atoms with van der Waals surface area (Å²) >= 11 is 0. The summed E-state index contributed by atoms with van der Waals surface area (Å²) in [5.41, 5.74) is 16.2. The van der Waals surface area contributed by atoms with E-state index in [1.165, 1.54) is 71.3 Å². The first-order chi connectivity index (χ1) is 63.3. The number of hydrogen-bond acceptors (Lipinski definition) is 11. The van der Waals surface area contributed by atoms with E-state index >= 15 is 0 Å². The van der Waals surface area contributed by atoms with E-state index in [2.05, 4.69) is 113 Å². The molecular formula is C122H120O11. The van der Waals surface area contributed by atoms with Gasteiger partial charge in [-0.3, -0.25) is 9.59 Å². The van der Waals surface area contributed by atoms with Crippen LogP contribution in [0.3, 0.4) is 0 Å². The summed E-state index contributed by atoms with van der Waals surface area (Å²) in [4.78, 5) is 22.8. The van der Waals surface area contributed by atoms with Gasteiger partial charge in [0.15, 0.2) is 11.6 Å². The third kappa shape index (κ3) is 29.3. The van der Waals surface area contributed by atoms with Crippen molar-refractivity contribution < 1.29 is 55.5 Å². The minimum absolute atomic E-state index is 0. The number of phenolic OH excluding ortho intramolecular Hbond substituents is 9. The van der Waals surface area contributed by atoms with Gasteiger partial charge in [0.1, 0.15) is 51.7 Å². The van der Waals surface area contributed by atoms with Gasteiger partial charge in [-0.2, -0.15) is 0 Å². The number of phenols is 9. The van der Waals surface area contributed by atoms with Crippen molar-refractivity contribution in [3.8, 4) is 51.7 Å². The van der Waals surface area contributed by atoms with E-state index in [4.69, 9.17) is 10.2 Å². The molecule has 20 aromatic carbocycles. The summed E-state index contributed by atoms with van der Waals surface area (Å²) in [5.74, 6) is 2.63. The van der Waals surface area contributed by atoms with E-state index in [0.29, 0.717) is 62.9 Å². The molecule has 0 fully saturated rings. The lowest BCUT2D eigenvalue weighted by Gasteiger charge is -2.02. The largest absolute Gasteiger partial charge is 0.508 e. The van der Waals surface area contributed by atoms with Gasteiger partial charge in [-0.1, -0.05) is 350 Å². The van der Waals surface area contributed by atoms with Crippen LogP contribution in [0.25, 0.3) is 86.2 Å².